The van der Waals surface area contributed by atoms with Crippen LogP contribution >= 0.6 is 0 Å². The zero-order valence-electron chi connectivity index (χ0n) is 12.6. The minimum absolute atomic E-state index is 0.0844. The molecule has 112 valence electrons. The largest absolute Gasteiger partial charge is 0.477 e. The second-order valence-corrected chi connectivity index (χ2v) is 6.75. The fourth-order valence-corrected chi connectivity index (χ4v) is 3.78. The average Bonchev–Trinajstić information content (AvgIpc) is 2.86. The molecule has 2 fully saturated rings. The van der Waals surface area contributed by atoms with E-state index in [9.17, 15) is 4.79 Å². The van der Waals surface area contributed by atoms with Crippen molar-refractivity contribution in [1.29, 1.82) is 0 Å². The summed E-state index contributed by atoms with van der Waals surface area (Å²) >= 11 is 0. The predicted molar refractivity (Wildman–Crippen MR) is 76.9 cm³/mol. The van der Waals surface area contributed by atoms with Gasteiger partial charge in [-0.25, -0.2) is 4.99 Å². The lowest BCUT2D eigenvalue weighted by molar-refractivity contribution is -0.108. The maximum atomic E-state index is 10.8. The highest BCUT2D eigenvalue weighted by molar-refractivity contribution is 5.91. The van der Waals surface area contributed by atoms with Crippen LogP contribution in [-0.4, -0.2) is 36.0 Å². The smallest absolute Gasteiger partial charge is 0.220 e. The molecule has 4 heteroatoms. The van der Waals surface area contributed by atoms with Crippen LogP contribution in [0.1, 0.15) is 58.8 Å². The zero-order valence-corrected chi connectivity index (χ0v) is 12.6. The van der Waals surface area contributed by atoms with Crippen molar-refractivity contribution in [3.63, 3.8) is 0 Å². The Morgan fingerprint density at radius 3 is 2.70 bits per heavy atom. The molecule has 2 aliphatic heterocycles. The van der Waals surface area contributed by atoms with Crippen LogP contribution in [-0.2, 0) is 14.3 Å². The molecule has 0 aromatic carbocycles. The molecule has 20 heavy (non-hydrogen) atoms. The van der Waals surface area contributed by atoms with Crippen LogP contribution in [0.25, 0.3) is 0 Å². The number of nitrogens with zero attached hydrogens (tertiary/aromatic N) is 1. The fourth-order valence-electron chi connectivity index (χ4n) is 3.78. The van der Waals surface area contributed by atoms with Crippen molar-refractivity contribution in [1.82, 2.24) is 0 Å². The molecular weight excluding hydrogens is 254 g/mol. The third-order valence-electron chi connectivity index (χ3n) is 5.13. The molecule has 0 amide bonds. The summed E-state index contributed by atoms with van der Waals surface area (Å²) in [5.41, 5.74) is -0.475. The van der Waals surface area contributed by atoms with Crippen molar-refractivity contribution < 1.29 is 14.3 Å². The molecule has 0 unspecified atom stereocenters. The molecule has 0 bridgehead atoms. The zero-order chi connectivity index (χ0) is 14.2. The molecule has 1 spiro atoms. The average molecular weight is 279 g/mol. The highest BCUT2D eigenvalue weighted by atomic mass is 16.7. The lowest BCUT2D eigenvalue weighted by atomic mass is 9.78. The molecule has 0 aromatic heterocycles. The summed E-state index contributed by atoms with van der Waals surface area (Å²) in [5.74, 6) is 1.26. The highest BCUT2D eigenvalue weighted by Crippen LogP contribution is 2.60. The van der Waals surface area contributed by atoms with Crippen LogP contribution in [0.3, 0.4) is 0 Å². The van der Waals surface area contributed by atoms with Gasteiger partial charge in [0, 0.05) is 6.42 Å². The first-order chi connectivity index (χ1) is 9.63. The van der Waals surface area contributed by atoms with Crippen LogP contribution < -0.4 is 0 Å². The van der Waals surface area contributed by atoms with Gasteiger partial charge in [-0.2, -0.15) is 0 Å². The molecular formula is C16H25NO3. The van der Waals surface area contributed by atoms with Crippen LogP contribution in [0.5, 0.6) is 0 Å². The van der Waals surface area contributed by atoms with Gasteiger partial charge in [0.1, 0.15) is 18.5 Å². The lowest BCUT2D eigenvalue weighted by Crippen LogP contribution is -2.36. The summed E-state index contributed by atoms with van der Waals surface area (Å²) in [7, 11) is 0. The van der Waals surface area contributed by atoms with Crippen LogP contribution in [0.15, 0.2) is 4.99 Å². The van der Waals surface area contributed by atoms with Gasteiger partial charge in [-0.1, -0.05) is 33.1 Å². The van der Waals surface area contributed by atoms with E-state index in [1.807, 2.05) is 0 Å². The molecule has 0 N–H and O–H groups in total. The Bertz CT molecular complexity index is 412. The number of aldehydes is 1. The molecule has 2 atom stereocenters. The maximum absolute atomic E-state index is 10.8. The van der Waals surface area contributed by atoms with Crippen molar-refractivity contribution in [2.75, 3.05) is 6.61 Å². The number of ether oxygens (including phenoxy) is 2. The first-order valence-electron chi connectivity index (χ1n) is 7.98. The minimum Gasteiger partial charge on any atom is -0.477 e. The van der Waals surface area contributed by atoms with E-state index in [2.05, 4.69) is 13.8 Å². The fraction of sp³-hybridized carbons (Fsp3) is 0.875. The number of carbonyl (C=O) groups is 1. The lowest BCUT2D eigenvalue weighted by Gasteiger charge is -2.23. The molecule has 1 saturated heterocycles. The Morgan fingerprint density at radius 1 is 1.35 bits per heavy atom. The van der Waals surface area contributed by atoms with Gasteiger partial charge >= 0.3 is 0 Å². The summed E-state index contributed by atoms with van der Waals surface area (Å²) in [5, 5.41) is 0. The highest BCUT2D eigenvalue weighted by Gasteiger charge is 2.73. The van der Waals surface area contributed by atoms with E-state index in [0.29, 0.717) is 18.9 Å². The van der Waals surface area contributed by atoms with Crippen molar-refractivity contribution >= 4 is 12.2 Å². The van der Waals surface area contributed by atoms with Crippen molar-refractivity contribution in [2.24, 2.45) is 10.9 Å². The van der Waals surface area contributed by atoms with Gasteiger partial charge in [0.25, 0.3) is 0 Å². The van der Waals surface area contributed by atoms with E-state index in [-0.39, 0.29) is 11.6 Å². The number of hydrogen-bond acceptors (Lipinski definition) is 4. The first kappa shape index (κ1) is 14.1. The summed E-state index contributed by atoms with van der Waals surface area (Å²) in [4.78, 5) is 15.6. The maximum Gasteiger partial charge on any atom is 0.220 e. The second kappa shape index (κ2) is 5.14. The Labute approximate surface area is 120 Å². The molecule has 2 heterocycles. The molecule has 1 aliphatic carbocycles. The number of epoxide rings is 1. The summed E-state index contributed by atoms with van der Waals surface area (Å²) in [6.07, 6.45) is 8.11. The second-order valence-electron chi connectivity index (χ2n) is 6.75. The molecule has 3 rings (SSSR count). The van der Waals surface area contributed by atoms with Gasteiger partial charge in [-0.3, -0.25) is 0 Å². The number of aliphatic imine (C=N–C) groups is 1. The van der Waals surface area contributed by atoms with Crippen molar-refractivity contribution in [3.05, 3.63) is 0 Å². The van der Waals surface area contributed by atoms with E-state index in [0.717, 1.165) is 31.4 Å². The van der Waals surface area contributed by atoms with Crippen LogP contribution in [0.4, 0.5) is 0 Å². The number of hydrogen-bond donors (Lipinski definition) is 0. The first-order valence-corrected chi connectivity index (χ1v) is 7.98. The van der Waals surface area contributed by atoms with Gasteiger partial charge < -0.3 is 14.3 Å². The topological polar surface area (TPSA) is 51.2 Å². The van der Waals surface area contributed by atoms with E-state index in [1.165, 1.54) is 19.3 Å². The quantitative estimate of drug-likeness (QED) is 0.574. The third-order valence-corrected chi connectivity index (χ3v) is 5.13. The number of carbonyl (C=O) groups excluding carboxylic acids is 1. The molecule has 1 saturated carbocycles. The van der Waals surface area contributed by atoms with Gasteiger partial charge in [-0.15, -0.1) is 0 Å². The van der Waals surface area contributed by atoms with E-state index >= 15 is 0 Å². The predicted octanol–water partition coefficient (Wildman–Crippen LogP) is 2.89. The third kappa shape index (κ3) is 2.09. The monoisotopic (exact) mass is 279 g/mol. The van der Waals surface area contributed by atoms with Gasteiger partial charge in [0.15, 0.2) is 5.60 Å². The summed E-state index contributed by atoms with van der Waals surface area (Å²) in [6.45, 7) is 5.00. The van der Waals surface area contributed by atoms with Gasteiger partial charge in [0.2, 0.25) is 5.90 Å². The van der Waals surface area contributed by atoms with Crippen LogP contribution in [0, 0.1) is 5.92 Å². The minimum atomic E-state index is -0.391. The molecule has 3 aliphatic rings. The summed E-state index contributed by atoms with van der Waals surface area (Å²) in [6, 6.07) is 0.239. The van der Waals surface area contributed by atoms with Gasteiger partial charge in [-0.05, 0) is 25.2 Å². The SMILES string of the molecule is CC(C)[C@H]1COC([C@@]2(CCC=O)OC23CCCCC3)=N1. The molecule has 0 aromatic rings. The van der Waals surface area contributed by atoms with Crippen LogP contribution in [0.2, 0.25) is 0 Å². The standard InChI is InChI=1S/C16H25NO3/c1-12(2)13-11-19-14(17-13)16(9-6-10-18)15(20-16)7-4-3-5-8-15/h10,12-13H,3-9,11H2,1-2H3/t13-,16-/m1/s1. The van der Waals surface area contributed by atoms with E-state index in [4.69, 9.17) is 14.5 Å². The van der Waals surface area contributed by atoms with Gasteiger partial charge in [0.05, 0.1) is 6.04 Å². The van der Waals surface area contributed by atoms with Crippen molar-refractivity contribution in [3.8, 4) is 0 Å². The van der Waals surface area contributed by atoms with E-state index in [1.54, 1.807) is 0 Å². The Balaban J connectivity index is 1.81. The van der Waals surface area contributed by atoms with E-state index < -0.39 is 5.60 Å². The Kier molecular flexibility index (Phi) is 3.61. The summed E-state index contributed by atoms with van der Waals surface area (Å²) < 4.78 is 12.1. The Morgan fingerprint density at radius 2 is 2.10 bits per heavy atom. The molecule has 4 nitrogen and oxygen atoms in total. The normalized spacial score (nSPS) is 35.0. The van der Waals surface area contributed by atoms with Crippen molar-refractivity contribution in [2.45, 2.75) is 76.0 Å². The Hall–Kier alpha value is -0.900. The number of rotatable bonds is 5. The molecule has 0 radical (unpaired) electrons.